The van der Waals surface area contributed by atoms with Crippen LogP contribution in [0.1, 0.15) is 44.9 Å². The molecule has 1 atom stereocenters. The Labute approximate surface area is 119 Å². The first-order valence-electron chi connectivity index (χ1n) is 7.28. The fourth-order valence-electron chi connectivity index (χ4n) is 2.54. The van der Waals surface area contributed by atoms with E-state index in [-0.39, 0.29) is 6.04 Å². The number of hydrazine groups is 1. The van der Waals surface area contributed by atoms with Crippen LogP contribution >= 0.6 is 11.8 Å². The monoisotopic (exact) mass is 283 g/mol. The lowest BCUT2D eigenvalue weighted by atomic mass is 10.2. The molecule has 0 spiro atoms. The smallest absolute Gasteiger partial charge is 0.138 e. The molecular weight excluding hydrogens is 258 g/mol. The fourth-order valence-corrected chi connectivity index (χ4v) is 3.92. The maximum atomic E-state index is 5.68. The SMILES string of the molecule is CCCn1ncnc1CC(CSC1CCCC1)NN. The molecule has 19 heavy (non-hydrogen) atoms. The quantitative estimate of drug-likeness (QED) is 0.562. The van der Waals surface area contributed by atoms with Gasteiger partial charge in [0, 0.05) is 30.0 Å². The molecule has 1 saturated carbocycles. The van der Waals surface area contributed by atoms with Gasteiger partial charge in [-0.05, 0) is 19.3 Å². The second-order valence-corrected chi connectivity index (χ2v) is 6.54. The Bertz CT molecular complexity index is 362. The standard InChI is InChI=1S/C13H25N5S/c1-2-7-18-13(15-10-16-18)8-11(17-14)9-19-12-5-3-4-6-12/h10-12,17H,2-9,14H2,1H3. The zero-order valence-corrected chi connectivity index (χ0v) is 12.5. The highest BCUT2D eigenvalue weighted by Gasteiger charge is 2.18. The second kappa shape index (κ2) is 7.87. The zero-order chi connectivity index (χ0) is 13.5. The van der Waals surface area contributed by atoms with Gasteiger partial charge in [0.1, 0.15) is 12.2 Å². The molecule has 0 aromatic carbocycles. The Morgan fingerprint density at radius 2 is 2.32 bits per heavy atom. The van der Waals surface area contributed by atoms with Gasteiger partial charge in [0.2, 0.25) is 0 Å². The van der Waals surface area contributed by atoms with E-state index in [2.05, 4.69) is 34.2 Å². The number of hydrogen-bond acceptors (Lipinski definition) is 5. The van der Waals surface area contributed by atoms with Crippen molar-refractivity contribution in [1.82, 2.24) is 20.2 Å². The molecule has 1 unspecified atom stereocenters. The third-order valence-corrected chi connectivity index (χ3v) is 5.17. The van der Waals surface area contributed by atoms with Gasteiger partial charge in [-0.2, -0.15) is 16.9 Å². The molecule has 0 radical (unpaired) electrons. The number of hydrogen-bond donors (Lipinski definition) is 2. The first kappa shape index (κ1) is 14.8. The topological polar surface area (TPSA) is 68.8 Å². The van der Waals surface area contributed by atoms with Gasteiger partial charge in [0.25, 0.3) is 0 Å². The minimum atomic E-state index is 0.283. The Morgan fingerprint density at radius 1 is 1.53 bits per heavy atom. The summed E-state index contributed by atoms with van der Waals surface area (Å²) in [5.74, 6) is 7.77. The molecule has 0 aliphatic heterocycles. The predicted octanol–water partition coefficient (Wildman–Crippen LogP) is 1.74. The lowest BCUT2D eigenvalue weighted by molar-refractivity contribution is 0.513. The summed E-state index contributed by atoms with van der Waals surface area (Å²) >= 11 is 2.06. The number of nitrogens with one attached hydrogen (secondary N) is 1. The van der Waals surface area contributed by atoms with E-state index < -0.39 is 0 Å². The summed E-state index contributed by atoms with van der Waals surface area (Å²) in [4.78, 5) is 4.35. The van der Waals surface area contributed by atoms with E-state index in [1.54, 1.807) is 6.33 Å². The van der Waals surface area contributed by atoms with Gasteiger partial charge in [0.05, 0.1) is 0 Å². The number of thioether (sulfide) groups is 1. The minimum absolute atomic E-state index is 0.283. The summed E-state index contributed by atoms with van der Waals surface area (Å²) in [6.45, 7) is 3.09. The summed E-state index contributed by atoms with van der Waals surface area (Å²) in [5, 5.41) is 5.10. The Kier molecular flexibility index (Phi) is 6.13. The van der Waals surface area contributed by atoms with Gasteiger partial charge in [-0.25, -0.2) is 4.98 Å². The molecule has 1 aliphatic rings. The first-order chi connectivity index (χ1) is 9.33. The fraction of sp³-hybridized carbons (Fsp3) is 0.846. The highest BCUT2D eigenvalue weighted by atomic mass is 32.2. The van der Waals surface area contributed by atoms with Crippen LogP contribution < -0.4 is 11.3 Å². The predicted molar refractivity (Wildman–Crippen MR) is 79.8 cm³/mol. The summed E-state index contributed by atoms with van der Waals surface area (Å²) < 4.78 is 1.99. The summed E-state index contributed by atoms with van der Waals surface area (Å²) in [6.07, 6.45) is 9.10. The summed E-state index contributed by atoms with van der Waals surface area (Å²) in [5.41, 5.74) is 2.93. The Morgan fingerprint density at radius 3 is 3.00 bits per heavy atom. The largest absolute Gasteiger partial charge is 0.271 e. The van der Waals surface area contributed by atoms with Gasteiger partial charge in [0.15, 0.2) is 0 Å². The van der Waals surface area contributed by atoms with E-state index in [4.69, 9.17) is 5.84 Å². The highest BCUT2D eigenvalue weighted by molar-refractivity contribution is 7.99. The number of nitrogens with zero attached hydrogens (tertiary/aromatic N) is 3. The van der Waals surface area contributed by atoms with Crippen LogP contribution in [-0.2, 0) is 13.0 Å². The molecule has 1 fully saturated rings. The Balaban J connectivity index is 1.81. The third-order valence-electron chi connectivity index (χ3n) is 3.63. The van der Waals surface area contributed by atoms with Crippen LogP contribution in [0.3, 0.4) is 0 Å². The van der Waals surface area contributed by atoms with E-state index in [1.165, 1.54) is 25.7 Å². The number of aromatic nitrogens is 3. The molecule has 1 aromatic rings. The zero-order valence-electron chi connectivity index (χ0n) is 11.7. The molecule has 6 heteroatoms. The second-order valence-electron chi connectivity index (χ2n) is 5.21. The van der Waals surface area contributed by atoms with Crippen molar-refractivity contribution in [2.45, 2.75) is 63.3 Å². The number of aryl methyl sites for hydroxylation is 1. The molecule has 5 nitrogen and oxygen atoms in total. The lowest BCUT2D eigenvalue weighted by Gasteiger charge is -2.17. The van der Waals surface area contributed by atoms with Crippen LogP contribution in [0.4, 0.5) is 0 Å². The van der Waals surface area contributed by atoms with Gasteiger partial charge in [-0.1, -0.05) is 19.8 Å². The normalized spacial score (nSPS) is 18.0. The van der Waals surface area contributed by atoms with Crippen LogP contribution in [0.15, 0.2) is 6.33 Å². The molecule has 1 aliphatic carbocycles. The maximum Gasteiger partial charge on any atom is 0.138 e. The average Bonchev–Trinajstić information content (AvgIpc) is 3.07. The van der Waals surface area contributed by atoms with Crippen molar-refractivity contribution in [1.29, 1.82) is 0 Å². The van der Waals surface area contributed by atoms with Gasteiger partial charge >= 0.3 is 0 Å². The molecular formula is C13H25N5S. The lowest BCUT2D eigenvalue weighted by Crippen LogP contribution is -2.39. The van der Waals surface area contributed by atoms with Crippen molar-refractivity contribution < 1.29 is 0 Å². The van der Waals surface area contributed by atoms with Crippen LogP contribution in [0.2, 0.25) is 0 Å². The molecule has 1 heterocycles. The maximum absolute atomic E-state index is 5.68. The summed E-state index contributed by atoms with van der Waals surface area (Å²) in [7, 11) is 0. The average molecular weight is 283 g/mol. The van der Waals surface area contributed by atoms with Crippen molar-refractivity contribution in [3.8, 4) is 0 Å². The van der Waals surface area contributed by atoms with Crippen LogP contribution in [0.25, 0.3) is 0 Å². The third kappa shape index (κ3) is 4.47. The van der Waals surface area contributed by atoms with E-state index in [9.17, 15) is 0 Å². The van der Waals surface area contributed by atoms with Crippen molar-refractivity contribution in [2.75, 3.05) is 5.75 Å². The van der Waals surface area contributed by atoms with Crippen LogP contribution in [0, 0.1) is 0 Å². The highest BCUT2D eigenvalue weighted by Crippen LogP contribution is 2.29. The van der Waals surface area contributed by atoms with E-state index in [1.807, 2.05) is 4.68 Å². The minimum Gasteiger partial charge on any atom is -0.271 e. The van der Waals surface area contributed by atoms with E-state index in [0.717, 1.165) is 36.2 Å². The number of rotatable bonds is 8. The van der Waals surface area contributed by atoms with Gasteiger partial charge in [-0.3, -0.25) is 16.0 Å². The molecule has 0 bridgehead atoms. The van der Waals surface area contributed by atoms with E-state index >= 15 is 0 Å². The molecule has 0 amide bonds. The van der Waals surface area contributed by atoms with Gasteiger partial charge in [-0.15, -0.1) is 0 Å². The van der Waals surface area contributed by atoms with Crippen molar-refractivity contribution in [3.05, 3.63) is 12.2 Å². The molecule has 108 valence electrons. The van der Waals surface area contributed by atoms with Crippen molar-refractivity contribution >= 4 is 11.8 Å². The molecule has 2 rings (SSSR count). The first-order valence-corrected chi connectivity index (χ1v) is 8.32. The summed E-state index contributed by atoms with van der Waals surface area (Å²) in [6, 6.07) is 0.283. The van der Waals surface area contributed by atoms with Crippen LogP contribution in [0.5, 0.6) is 0 Å². The number of nitrogens with two attached hydrogens (primary N) is 1. The van der Waals surface area contributed by atoms with Crippen molar-refractivity contribution in [3.63, 3.8) is 0 Å². The van der Waals surface area contributed by atoms with Gasteiger partial charge < -0.3 is 0 Å². The molecule has 3 N–H and O–H groups in total. The Hall–Kier alpha value is -0.590. The molecule has 1 aromatic heterocycles. The van der Waals surface area contributed by atoms with Crippen LogP contribution in [-0.4, -0.2) is 31.8 Å². The molecule has 0 saturated heterocycles. The van der Waals surface area contributed by atoms with Crippen molar-refractivity contribution in [2.24, 2.45) is 5.84 Å². The van der Waals surface area contributed by atoms with E-state index in [0.29, 0.717) is 0 Å².